The van der Waals surface area contributed by atoms with Crippen molar-refractivity contribution in [2.24, 2.45) is 17.8 Å². The zero-order valence-electron chi connectivity index (χ0n) is 14.1. The fraction of sp³-hybridized carbons (Fsp3) is 0.947. The molecule has 0 aromatic rings. The van der Waals surface area contributed by atoms with Gasteiger partial charge in [-0.05, 0) is 49.9 Å². The molecule has 0 aromatic heterocycles. The van der Waals surface area contributed by atoms with Crippen LogP contribution in [0.3, 0.4) is 0 Å². The molecule has 0 heterocycles. The summed E-state index contributed by atoms with van der Waals surface area (Å²) in [5.74, 6) is 2.38. The predicted molar refractivity (Wildman–Crippen MR) is 86.9 cm³/mol. The Kier molecular flexibility index (Phi) is 6.55. The van der Waals surface area contributed by atoms with Crippen LogP contribution < -0.4 is 0 Å². The van der Waals surface area contributed by atoms with Crippen LogP contribution in [0, 0.1) is 29.1 Å². The van der Waals surface area contributed by atoms with Gasteiger partial charge in [0.2, 0.25) is 0 Å². The lowest BCUT2D eigenvalue weighted by Gasteiger charge is -2.39. The molecule has 2 aliphatic carbocycles. The highest BCUT2D eigenvalue weighted by Crippen LogP contribution is 2.42. The van der Waals surface area contributed by atoms with E-state index in [2.05, 4.69) is 19.9 Å². The van der Waals surface area contributed by atoms with Crippen molar-refractivity contribution < 1.29 is 4.74 Å². The molecule has 1 unspecified atom stereocenters. The van der Waals surface area contributed by atoms with Gasteiger partial charge in [-0.1, -0.05) is 52.4 Å². The summed E-state index contributed by atoms with van der Waals surface area (Å²) in [6.07, 6.45) is 13.9. The second-order valence-electron chi connectivity index (χ2n) is 7.55. The topological polar surface area (TPSA) is 33.0 Å². The number of nitrogens with zero attached hydrogens (tertiary/aromatic N) is 1. The van der Waals surface area contributed by atoms with Crippen molar-refractivity contribution in [3.8, 4) is 6.07 Å². The van der Waals surface area contributed by atoms with E-state index in [1.807, 2.05) is 0 Å². The van der Waals surface area contributed by atoms with Crippen LogP contribution in [0.4, 0.5) is 0 Å². The summed E-state index contributed by atoms with van der Waals surface area (Å²) in [5, 5.41) is 9.61. The predicted octanol–water partition coefficient (Wildman–Crippen LogP) is 5.47. The van der Waals surface area contributed by atoms with Gasteiger partial charge in [0.15, 0.2) is 5.60 Å². The minimum absolute atomic E-state index is 0.465. The second kappa shape index (κ2) is 8.18. The van der Waals surface area contributed by atoms with Crippen molar-refractivity contribution in [2.75, 3.05) is 6.61 Å². The first-order valence-corrected chi connectivity index (χ1v) is 9.24. The van der Waals surface area contributed by atoms with E-state index in [-0.39, 0.29) is 0 Å². The lowest BCUT2D eigenvalue weighted by Crippen LogP contribution is -2.38. The molecule has 2 heteroatoms. The zero-order chi connectivity index (χ0) is 15.1. The summed E-state index contributed by atoms with van der Waals surface area (Å²) in [4.78, 5) is 0. The lowest BCUT2D eigenvalue weighted by molar-refractivity contribution is -0.0563. The minimum Gasteiger partial charge on any atom is -0.360 e. The Morgan fingerprint density at radius 1 is 1.10 bits per heavy atom. The molecule has 0 spiro atoms. The van der Waals surface area contributed by atoms with Gasteiger partial charge in [0, 0.05) is 0 Å². The summed E-state index contributed by atoms with van der Waals surface area (Å²) < 4.78 is 6.11. The highest BCUT2D eigenvalue weighted by Gasteiger charge is 2.39. The van der Waals surface area contributed by atoms with Gasteiger partial charge < -0.3 is 4.74 Å². The molecule has 2 aliphatic rings. The SMILES string of the molecule is CCCC(C)CO[C@]1(C#N)CC[C@@H](C2CCCCC2)CC1. The molecule has 0 saturated heterocycles. The Morgan fingerprint density at radius 3 is 2.29 bits per heavy atom. The van der Waals surface area contributed by atoms with Gasteiger partial charge in [0.25, 0.3) is 0 Å². The molecule has 0 bridgehead atoms. The second-order valence-corrected chi connectivity index (χ2v) is 7.55. The number of hydrogen-bond donors (Lipinski definition) is 0. The van der Waals surface area contributed by atoms with Crippen LogP contribution in [0.2, 0.25) is 0 Å². The summed E-state index contributed by atoms with van der Waals surface area (Å²) in [7, 11) is 0. The third kappa shape index (κ3) is 4.71. The molecule has 0 aromatic carbocycles. The monoisotopic (exact) mass is 291 g/mol. The minimum atomic E-state index is -0.465. The van der Waals surface area contributed by atoms with Crippen LogP contribution in [0.25, 0.3) is 0 Å². The summed E-state index contributed by atoms with van der Waals surface area (Å²) in [6.45, 7) is 5.21. The van der Waals surface area contributed by atoms with Crippen LogP contribution in [-0.4, -0.2) is 12.2 Å². The Bertz CT molecular complexity index is 332. The van der Waals surface area contributed by atoms with Gasteiger partial charge in [-0.15, -0.1) is 0 Å². The standard InChI is InChI=1S/C19H33NO/c1-3-7-16(2)14-21-19(15-20)12-10-18(11-13-19)17-8-5-4-6-9-17/h16-18H,3-14H2,1-2H3/t16?,18-,19-. The lowest BCUT2D eigenvalue weighted by atomic mass is 9.70. The maximum atomic E-state index is 9.61. The van der Waals surface area contributed by atoms with Crippen molar-refractivity contribution in [2.45, 2.75) is 90.1 Å². The van der Waals surface area contributed by atoms with E-state index in [1.165, 1.54) is 57.8 Å². The molecule has 0 aliphatic heterocycles. The normalized spacial score (nSPS) is 32.5. The van der Waals surface area contributed by atoms with E-state index in [0.29, 0.717) is 5.92 Å². The molecule has 2 fully saturated rings. The van der Waals surface area contributed by atoms with Gasteiger partial charge in [0.1, 0.15) is 0 Å². The first-order chi connectivity index (χ1) is 10.2. The van der Waals surface area contributed by atoms with Gasteiger partial charge >= 0.3 is 0 Å². The van der Waals surface area contributed by atoms with Crippen molar-refractivity contribution in [3.05, 3.63) is 0 Å². The molecular formula is C19H33NO. The van der Waals surface area contributed by atoms with E-state index < -0.39 is 5.60 Å². The van der Waals surface area contributed by atoms with E-state index in [4.69, 9.17) is 4.74 Å². The first-order valence-electron chi connectivity index (χ1n) is 9.24. The van der Waals surface area contributed by atoms with E-state index in [0.717, 1.165) is 31.3 Å². The van der Waals surface area contributed by atoms with E-state index >= 15 is 0 Å². The van der Waals surface area contributed by atoms with Crippen molar-refractivity contribution in [1.29, 1.82) is 5.26 Å². The van der Waals surface area contributed by atoms with Crippen LogP contribution in [-0.2, 0) is 4.74 Å². The van der Waals surface area contributed by atoms with Gasteiger partial charge in [-0.3, -0.25) is 0 Å². The number of ether oxygens (including phenoxy) is 1. The maximum absolute atomic E-state index is 9.61. The Labute approximate surface area is 131 Å². The maximum Gasteiger partial charge on any atom is 0.154 e. The molecule has 1 atom stereocenters. The van der Waals surface area contributed by atoms with Gasteiger partial charge in [-0.2, -0.15) is 5.26 Å². The highest BCUT2D eigenvalue weighted by atomic mass is 16.5. The van der Waals surface area contributed by atoms with Crippen LogP contribution in [0.15, 0.2) is 0 Å². The zero-order valence-corrected chi connectivity index (χ0v) is 14.1. The molecule has 2 rings (SSSR count). The molecule has 2 nitrogen and oxygen atoms in total. The van der Waals surface area contributed by atoms with Gasteiger partial charge in [-0.25, -0.2) is 0 Å². The Morgan fingerprint density at radius 2 is 1.71 bits per heavy atom. The largest absolute Gasteiger partial charge is 0.360 e. The average molecular weight is 291 g/mol. The highest BCUT2D eigenvalue weighted by molar-refractivity contribution is 5.05. The number of hydrogen-bond acceptors (Lipinski definition) is 2. The van der Waals surface area contributed by atoms with E-state index in [9.17, 15) is 5.26 Å². The Balaban J connectivity index is 1.80. The quantitative estimate of drug-likeness (QED) is 0.650. The number of nitriles is 1. The van der Waals surface area contributed by atoms with Crippen molar-refractivity contribution >= 4 is 0 Å². The molecule has 0 amide bonds. The van der Waals surface area contributed by atoms with Crippen LogP contribution >= 0.6 is 0 Å². The molecule has 0 N–H and O–H groups in total. The third-order valence-corrected chi connectivity index (χ3v) is 5.78. The summed E-state index contributed by atoms with van der Waals surface area (Å²) in [5.41, 5.74) is -0.465. The van der Waals surface area contributed by atoms with E-state index in [1.54, 1.807) is 0 Å². The van der Waals surface area contributed by atoms with Crippen molar-refractivity contribution in [1.82, 2.24) is 0 Å². The third-order valence-electron chi connectivity index (χ3n) is 5.78. The average Bonchev–Trinajstić information content (AvgIpc) is 2.55. The molecule has 21 heavy (non-hydrogen) atoms. The summed E-state index contributed by atoms with van der Waals surface area (Å²) >= 11 is 0. The molecule has 0 radical (unpaired) electrons. The van der Waals surface area contributed by atoms with Gasteiger partial charge in [0.05, 0.1) is 12.7 Å². The Hall–Kier alpha value is -0.550. The van der Waals surface area contributed by atoms with Crippen LogP contribution in [0.5, 0.6) is 0 Å². The molecular weight excluding hydrogens is 258 g/mol. The molecule has 120 valence electrons. The molecule has 2 saturated carbocycles. The fourth-order valence-corrected chi connectivity index (χ4v) is 4.35. The first kappa shape index (κ1) is 16.8. The smallest absolute Gasteiger partial charge is 0.154 e. The summed E-state index contributed by atoms with van der Waals surface area (Å²) in [6, 6.07) is 2.52. The fourth-order valence-electron chi connectivity index (χ4n) is 4.35. The number of rotatable bonds is 6. The van der Waals surface area contributed by atoms with Crippen molar-refractivity contribution in [3.63, 3.8) is 0 Å². The van der Waals surface area contributed by atoms with Crippen LogP contribution in [0.1, 0.15) is 84.5 Å².